The van der Waals surface area contributed by atoms with Gasteiger partial charge in [0.05, 0.1) is 14.2 Å². The van der Waals surface area contributed by atoms with Gasteiger partial charge in [0.15, 0.2) is 11.5 Å². The van der Waals surface area contributed by atoms with Crippen molar-refractivity contribution in [1.82, 2.24) is 0 Å². The third kappa shape index (κ3) is 4.05. The number of hydrogen-bond donors (Lipinski definition) is 2. The lowest BCUT2D eigenvalue weighted by atomic mass is 10.1. The predicted octanol–water partition coefficient (Wildman–Crippen LogP) is 2.13. The van der Waals surface area contributed by atoms with Crippen molar-refractivity contribution in [3.8, 4) is 11.5 Å². The van der Waals surface area contributed by atoms with Crippen LogP contribution < -0.4 is 15.2 Å². The molecule has 5 nitrogen and oxygen atoms in total. The summed E-state index contributed by atoms with van der Waals surface area (Å²) in [4.78, 5) is 11.0. The molecule has 0 heterocycles. The highest BCUT2D eigenvalue weighted by molar-refractivity contribution is 7.99. The Morgan fingerprint density at radius 2 is 1.95 bits per heavy atom. The van der Waals surface area contributed by atoms with E-state index >= 15 is 0 Å². The predicted molar refractivity (Wildman–Crippen MR) is 80.5 cm³/mol. The van der Waals surface area contributed by atoms with Crippen molar-refractivity contribution in [2.75, 3.05) is 14.2 Å². The molecule has 1 rings (SSSR count). The summed E-state index contributed by atoms with van der Waals surface area (Å²) < 4.78 is 9.86. The van der Waals surface area contributed by atoms with E-state index in [1.54, 1.807) is 14.2 Å². The van der Waals surface area contributed by atoms with Crippen LogP contribution in [0.1, 0.15) is 19.4 Å². The molecule has 0 unspecified atom stereocenters. The molecule has 3 N–H and O–H groups in total. The van der Waals surface area contributed by atoms with E-state index in [2.05, 4.69) is 0 Å². The average molecular weight is 299 g/mol. The lowest BCUT2D eigenvalue weighted by molar-refractivity contribution is -0.139. The van der Waals surface area contributed by atoms with Gasteiger partial charge in [-0.3, -0.25) is 4.79 Å². The molecule has 0 bridgehead atoms. The van der Waals surface area contributed by atoms with Gasteiger partial charge < -0.3 is 20.3 Å². The van der Waals surface area contributed by atoms with Crippen LogP contribution in [-0.2, 0) is 10.5 Å². The van der Waals surface area contributed by atoms with Crippen LogP contribution in [0.5, 0.6) is 11.5 Å². The minimum Gasteiger partial charge on any atom is -0.493 e. The van der Waals surface area contributed by atoms with E-state index in [0.29, 0.717) is 17.3 Å². The van der Waals surface area contributed by atoms with Gasteiger partial charge in [0.2, 0.25) is 0 Å². The van der Waals surface area contributed by atoms with E-state index in [-0.39, 0.29) is 0 Å². The number of thioether (sulfide) groups is 1. The summed E-state index contributed by atoms with van der Waals surface area (Å²) >= 11 is 1.50. The Labute approximate surface area is 123 Å². The van der Waals surface area contributed by atoms with Crippen LogP contribution in [0.25, 0.3) is 0 Å². The van der Waals surface area contributed by atoms with Crippen LogP contribution >= 0.6 is 11.8 Å². The van der Waals surface area contributed by atoms with Crippen LogP contribution in [0.2, 0.25) is 0 Å². The molecule has 6 heteroatoms. The standard InChI is InChI=1S/C14H21NO4S/c1-14(2,12(15)13(16)17)20-8-9-5-6-10(18-3)11(7-9)19-4/h5-7,12H,8,15H2,1-4H3,(H,16,17)/t12-/m0/s1. The monoisotopic (exact) mass is 299 g/mol. The van der Waals surface area contributed by atoms with E-state index in [4.69, 9.17) is 20.3 Å². The molecule has 0 saturated carbocycles. The fraction of sp³-hybridized carbons (Fsp3) is 0.500. The molecule has 112 valence electrons. The zero-order valence-electron chi connectivity index (χ0n) is 12.2. The molecule has 1 aromatic carbocycles. The first-order chi connectivity index (χ1) is 9.31. The lowest BCUT2D eigenvalue weighted by Gasteiger charge is -2.28. The number of benzene rings is 1. The van der Waals surface area contributed by atoms with Crippen LogP contribution in [0.4, 0.5) is 0 Å². The topological polar surface area (TPSA) is 81.8 Å². The summed E-state index contributed by atoms with van der Waals surface area (Å²) in [6.45, 7) is 3.66. The molecular formula is C14H21NO4S. The molecule has 0 saturated heterocycles. The maximum atomic E-state index is 11.0. The quantitative estimate of drug-likeness (QED) is 0.802. The first-order valence-corrected chi connectivity index (χ1v) is 7.13. The van der Waals surface area contributed by atoms with E-state index in [0.717, 1.165) is 5.56 Å². The molecule has 0 fully saturated rings. The van der Waals surface area contributed by atoms with Crippen LogP contribution in [0.15, 0.2) is 18.2 Å². The van der Waals surface area contributed by atoms with Crippen molar-refractivity contribution in [1.29, 1.82) is 0 Å². The molecule has 0 aromatic heterocycles. The number of carbonyl (C=O) groups is 1. The molecule has 1 atom stereocenters. The molecule has 0 spiro atoms. The highest BCUT2D eigenvalue weighted by Gasteiger charge is 2.32. The summed E-state index contributed by atoms with van der Waals surface area (Å²) in [5.74, 6) is 0.984. The van der Waals surface area contributed by atoms with Crippen LogP contribution in [-0.4, -0.2) is 36.1 Å². The van der Waals surface area contributed by atoms with E-state index in [1.165, 1.54) is 11.8 Å². The normalized spacial score (nSPS) is 12.8. The number of aliphatic carboxylic acids is 1. The first-order valence-electron chi connectivity index (χ1n) is 6.15. The van der Waals surface area contributed by atoms with Crippen molar-refractivity contribution < 1.29 is 19.4 Å². The van der Waals surface area contributed by atoms with E-state index in [9.17, 15) is 4.79 Å². The second-order valence-electron chi connectivity index (χ2n) is 4.90. The Morgan fingerprint density at radius 1 is 1.35 bits per heavy atom. The van der Waals surface area contributed by atoms with Gasteiger partial charge in [-0.2, -0.15) is 0 Å². The van der Waals surface area contributed by atoms with E-state index < -0.39 is 16.8 Å². The number of rotatable bonds is 7. The van der Waals surface area contributed by atoms with Crippen molar-refractivity contribution >= 4 is 17.7 Å². The molecule has 0 radical (unpaired) electrons. The van der Waals surface area contributed by atoms with Crippen molar-refractivity contribution in [2.24, 2.45) is 5.73 Å². The maximum Gasteiger partial charge on any atom is 0.321 e. The number of carboxylic acid groups (broad SMARTS) is 1. The SMILES string of the molecule is COc1ccc(CSC(C)(C)[C@@H](N)C(=O)O)cc1OC. The number of hydrogen-bond acceptors (Lipinski definition) is 5. The van der Waals surface area contributed by atoms with Crippen molar-refractivity contribution in [3.63, 3.8) is 0 Å². The van der Waals surface area contributed by atoms with Crippen LogP contribution in [0, 0.1) is 0 Å². The fourth-order valence-corrected chi connectivity index (χ4v) is 2.63. The number of nitrogens with two attached hydrogens (primary N) is 1. The van der Waals surface area contributed by atoms with Gasteiger partial charge >= 0.3 is 5.97 Å². The highest BCUT2D eigenvalue weighted by atomic mass is 32.2. The molecule has 0 aliphatic carbocycles. The summed E-state index contributed by atoms with van der Waals surface area (Å²) in [5, 5.41) is 8.99. The zero-order chi connectivity index (χ0) is 15.3. The second-order valence-corrected chi connectivity index (χ2v) is 6.53. The van der Waals surface area contributed by atoms with Gasteiger partial charge in [-0.05, 0) is 31.5 Å². The molecule has 0 amide bonds. The number of carboxylic acids is 1. The molecule has 0 aliphatic heterocycles. The fourth-order valence-electron chi connectivity index (χ4n) is 1.63. The maximum absolute atomic E-state index is 11.0. The number of ether oxygens (including phenoxy) is 2. The Bertz CT molecular complexity index is 476. The van der Waals surface area contributed by atoms with Gasteiger partial charge in [-0.25, -0.2) is 0 Å². The summed E-state index contributed by atoms with van der Waals surface area (Å²) in [6, 6.07) is 4.73. The second kappa shape index (κ2) is 6.85. The largest absolute Gasteiger partial charge is 0.493 e. The third-order valence-electron chi connectivity index (χ3n) is 3.07. The molecule has 0 aliphatic rings. The number of methoxy groups -OCH3 is 2. The Kier molecular flexibility index (Phi) is 5.71. The minimum absolute atomic E-state index is 0.557. The summed E-state index contributed by atoms with van der Waals surface area (Å²) in [5.41, 5.74) is 6.72. The first kappa shape index (κ1) is 16.7. The van der Waals surface area contributed by atoms with Gasteiger partial charge in [0.1, 0.15) is 6.04 Å². The van der Waals surface area contributed by atoms with Gasteiger partial charge in [-0.1, -0.05) is 6.07 Å². The summed E-state index contributed by atoms with van der Waals surface area (Å²) in [7, 11) is 3.17. The third-order valence-corrected chi connectivity index (χ3v) is 4.55. The Balaban J connectivity index is 2.77. The minimum atomic E-state index is -0.991. The zero-order valence-corrected chi connectivity index (χ0v) is 13.0. The van der Waals surface area contributed by atoms with Gasteiger partial charge in [0, 0.05) is 10.5 Å². The Morgan fingerprint density at radius 3 is 2.45 bits per heavy atom. The highest BCUT2D eigenvalue weighted by Crippen LogP contribution is 2.34. The molecule has 20 heavy (non-hydrogen) atoms. The smallest absolute Gasteiger partial charge is 0.321 e. The lowest BCUT2D eigenvalue weighted by Crippen LogP contribution is -2.46. The Hall–Kier alpha value is -1.40. The van der Waals surface area contributed by atoms with E-state index in [1.807, 2.05) is 32.0 Å². The van der Waals surface area contributed by atoms with Crippen molar-refractivity contribution in [2.45, 2.75) is 30.4 Å². The van der Waals surface area contributed by atoms with Crippen LogP contribution in [0.3, 0.4) is 0 Å². The molecular weight excluding hydrogens is 278 g/mol. The van der Waals surface area contributed by atoms with Gasteiger partial charge in [-0.15, -0.1) is 11.8 Å². The molecule has 1 aromatic rings. The average Bonchev–Trinajstić information content (AvgIpc) is 2.43. The van der Waals surface area contributed by atoms with Crippen molar-refractivity contribution in [3.05, 3.63) is 23.8 Å². The summed E-state index contributed by atoms with van der Waals surface area (Å²) in [6.07, 6.45) is 0. The van der Waals surface area contributed by atoms with Gasteiger partial charge in [0.25, 0.3) is 0 Å².